The third-order valence-electron chi connectivity index (χ3n) is 4.10. The summed E-state index contributed by atoms with van der Waals surface area (Å²) in [5, 5.41) is 15.1. The SMILES string of the molecule is CC(=O)N[C@H](Cc1ccc(F)cc1)C(=O)N[C@H](Cc1ccc(Cl)cc1Cl)C(=O)O. The number of carbonyl (C=O) groups excluding carboxylic acids is 2. The zero-order valence-corrected chi connectivity index (χ0v) is 16.9. The molecule has 0 fully saturated rings. The molecule has 2 amide bonds. The fourth-order valence-electron chi connectivity index (χ4n) is 2.69. The number of halogens is 3. The van der Waals surface area contributed by atoms with E-state index in [0.717, 1.165) is 0 Å². The second-order valence-electron chi connectivity index (χ2n) is 6.42. The van der Waals surface area contributed by atoms with Gasteiger partial charge in [0.2, 0.25) is 11.8 Å². The minimum Gasteiger partial charge on any atom is -0.480 e. The maximum absolute atomic E-state index is 13.1. The van der Waals surface area contributed by atoms with Crippen LogP contribution in [0.5, 0.6) is 0 Å². The molecule has 6 nitrogen and oxygen atoms in total. The zero-order chi connectivity index (χ0) is 21.6. The summed E-state index contributed by atoms with van der Waals surface area (Å²) >= 11 is 11.9. The van der Waals surface area contributed by atoms with E-state index in [4.69, 9.17) is 23.2 Å². The molecule has 0 aliphatic heterocycles. The first-order valence-corrected chi connectivity index (χ1v) is 9.40. The predicted molar refractivity (Wildman–Crippen MR) is 107 cm³/mol. The van der Waals surface area contributed by atoms with E-state index in [-0.39, 0.29) is 17.9 Å². The zero-order valence-electron chi connectivity index (χ0n) is 15.4. The minimum absolute atomic E-state index is 0.0690. The summed E-state index contributed by atoms with van der Waals surface area (Å²) in [5.74, 6) is -2.82. The largest absolute Gasteiger partial charge is 0.480 e. The minimum atomic E-state index is -1.27. The lowest BCUT2D eigenvalue weighted by Crippen LogP contribution is -2.52. The van der Waals surface area contributed by atoms with Crippen LogP contribution in [-0.2, 0) is 27.2 Å². The number of hydrogen-bond acceptors (Lipinski definition) is 3. The number of benzene rings is 2. The van der Waals surface area contributed by atoms with Gasteiger partial charge in [-0.05, 0) is 35.4 Å². The number of hydrogen-bond donors (Lipinski definition) is 3. The van der Waals surface area contributed by atoms with Crippen LogP contribution in [0, 0.1) is 5.82 Å². The van der Waals surface area contributed by atoms with Gasteiger partial charge in [-0.1, -0.05) is 41.4 Å². The van der Waals surface area contributed by atoms with Gasteiger partial charge >= 0.3 is 5.97 Å². The first-order chi connectivity index (χ1) is 13.7. The first kappa shape index (κ1) is 22.6. The van der Waals surface area contributed by atoms with Crippen molar-refractivity contribution in [3.63, 3.8) is 0 Å². The van der Waals surface area contributed by atoms with Crippen LogP contribution in [0.25, 0.3) is 0 Å². The summed E-state index contributed by atoms with van der Waals surface area (Å²) in [4.78, 5) is 35.8. The molecule has 29 heavy (non-hydrogen) atoms. The van der Waals surface area contributed by atoms with Crippen LogP contribution < -0.4 is 10.6 Å². The normalized spacial score (nSPS) is 12.7. The number of carboxylic acid groups (broad SMARTS) is 1. The topological polar surface area (TPSA) is 95.5 Å². The number of amides is 2. The van der Waals surface area contributed by atoms with Gasteiger partial charge in [-0.2, -0.15) is 0 Å². The molecule has 9 heteroatoms. The highest BCUT2D eigenvalue weighted by atomic mass is 35.5. The fraction of sp³-hybridized carbons (Fsp3) is 0.250. The third kappa shape index (κ3) is 7.03. The standard InChI is InChI=1S/C20H19Cl2FN2O4/c1-11(26)24-17(8-12-2-6-15(23)7-3-12)19(27)25-18(20(28)29)9-13-4-5-14(21)10-16(13)22/h2-7,10,17-18H,8-9H2,1H3,(H,24,26)(H,25,27)(H,28,29)/t17-,18-/m1/s1. The van der Waals surface area contributed by atoms with Crippen molar-refractivity contribution in [2.24, 2.45) is 0 Å². The molecule has 3 N–H and O–H groups in total. The molecule has 0 spiro atoms. The molecule has 2 atom stereocenters. The summed E-state index contributed by atoms with van der Waals surface area (Å²) in [6.07, 6.45) is 0.000147. The van der Waals surface area contributed by atoms with Gasteiger partial charge in [0, 0.05) is 29.8 Å². The van der Waals surface area contributed by atoms with Crippen molar-refractivity contribution < 1.29 is 23.9 Å². The molecule has 2 aromatic carbocycles. The summed E-state index contributed by atoms with van der Waals surface area (Å²) in [7, 11) is 0. The summed E-state index contributed by atoms with van der Waals surface area (Å²) in [6.45, 7) is 1.24. The van der Waals surface area contributed by atoms with Crippen LogP contribution in [0.1, 0.15) is 18.1 Å². The number of carboxylic acids is 1. The molecule has 0 saturated heterocycles. The Kier molecular flexibility index (Phi) is 7.99. The Balaban J connectivity index is 2.15. The Morgan fingerprint density at radius 1 is 1.00 bits per heavy atom. The number of carbonyl (C=O) groups is 3. The van der Waals surface area contributed by atoms with Crippen LogP contribution in [-0.4, -0.2) is 35.0 Å². The van der Waals surface area contributed by atoms with E-state index < -0.39 is 35.7 Å². The molecule has 0 radical (unpaired) electrons. The van der Waals surface area contributed by atoms with Crippen molar-refractivity contribution in [2.45, 2.75) is 31.8 Å². The van der Waals surface area contributed by atoms with E-state index in [1.165, 1.54) is 37.3 Å². The van der Waals surface area contributed by atoms with Gasteiger partial charge in [0.1, 0.15) is 17.9 Å². The molecule has 0 bridgehead atoms. The van der Waals surface area contributed by atoms with E-state index in [1.807, 2.05) is 0 Å². The number of aliphatic carboxylic acids is 1. The van der Waals surface area contributed by atoms with Crippen molar-refractivity contribution in [1.82, 2.24) is 10.6 Å². The van der Waals surface area contributed by atoms with Gasteiger partial charge in [-0.15, -0.1) is 0 Å². The lowest BCUT2D eigenvalue weighted by atomic mass is 10.0. The van der Waals surface area contributed by atoms with Crippen molar-refractivity contribution in [3.8, 4) is 0 Å². The molecule has 0 heterocycles. The molecule has 0 saturated carbocycles. The number of nitrogens with one attached hydrogen (secondary N) is 2. The van der Waals surface area contributed by atoms with Gasteiger partial charge in [0.15, 0.2) is 0 Å². The van der Waals surface area contributed by atoms with Crippen LogP contribution in [0.3, 0.4) is 0 Å². The quantitative estimate of drug-likeness (QED) is 0.587. The molecule has 154 valence electrons. The average molecular weight is 441 g/mol. The Labute approximate surface area is 177 Å². The highest BCUT2D eigenvalue weighted by molar-refractivity contribution is 6.35. The second kappa shape index (κ2) is 10.2. The monoisotopic (exact) mass is 440 g/mol. The summed E-state index contributed by atoms with van der Waals surface area (Å²) in [6, 6.07) is 7.77. The van der Waals surface area contributed by atoms with Crippen LogP contribution in [0.15, 0.2) is 42.5 Å². The lowest BCUT2D eigenvalue weighted by molar-refractivity contribution is -0.142. The van der Waals surface area contributed by atoms with E-state index in [1.54, 1.807) is 12.1 Å². The molecule has 2 rings (SSSR count). The van der Waals surface area contributed by atoms with Gasteiger partial charge in [0.25, 0.3) is 0 Å². The summed E-state index contributed by atoms with van der Waals surface area (Å²) in [5.41, 5.74) is 1.10. The van der Waals surface area contributed by atoms with Gasteiger partial charge in [0.05, 0.1) is 0 Å². The van der Waals surface area contributed by atoms with Crippen LogP contribution in [0.4, 0.5) is 4.39 Å². The van der Waals surface area contributed by atoms with Gasteiger partial charge < -0.3 is 15.7 Å². The van der Waals surface area contributed by atoms with Gasteiger partial charge in [-0.25, -0.2) is 9.18 Å². The molecule has 0 unspecified atom stereocenters. The highest BCUT2D eigenvalue weighted by Gasteiger charge is 2.27. The van der Waals surface area contributed by atoms with Crippen LogP contribution >= 0.6 is 23.2 Å². The maximum Gasteiger partial charge on any atom is 0.326 e. The Hall–Kier alpha value is -2.64. The highest BCUT2D eigenvalue weighted by Crippen LogP contribution is 2.22. The predicted octanol–water partition coefficient (Wildman–Crippen LogP) is 2.99. The Morgan fingerprint density at radius 2 is 1.66 bits per heavy atom. The molecular weight excluding hydrogens is 422 g/mol. The molecule has 0 aromatic heterocycles. The molecular formula is C20H19Cl2FN2O4. The van der Waals surface area contributed by atoms with Crippen molar-refractivity contribution >= 4 is 41.0 Å². The molecule has 0 aliphatic rings. The average Bonchev–Trinajstić information content (AvgIpc) is 2.63. The third-order valence-corrected chi connectivity index (χ3v) is 4.69. The van der Waals surface area contributed by atoms with E-state index in [2.05, 4.69) is 10.6 Å². The van der Waals surface area contributed by atoms with E-state index >= 15 is 0 Å². The van der Waals surface area contributed by atoms with Gasteiger partial charge in [-0.3, -0.25) is 9.59 Å². The molecule has 0 aliphatic carbocycles. The number of rotatable bonds is 8. The molecule has 2 aromatic rings. The van der Waals surface area contributed by atoms with Crippen molar-refractivity contribution in [3.05, 3.63) is 69.5 Å². The van der Waals surface area contributed by atoms with Crippen molar-refractivity contribution in [1.29, 1.82) is 0 Å². The van der Waals surface area contributed by atoms with E-state index in [9.17, 15) is 23.9 Å². The van der Waals surface area contributed by atoms with Crippen molar-refractivity contribution in [2.75, 3.05) is 0 Å². The Bertz CT molecular complexity index is 906. The summed E-state index contributed by atoms with van der Waals surface area (Å²) < 4.78 is 13.1. The fourth-order valence-corrected chi connectivity index (χ4v) is 3.18. The lowest BCUT2D eigenvalue weighted by Gasteiger charge is -2.21. The second-order valence-corrected chi connectivity index (χ2v) is 7.27. The Morgan fingerprint density at radius 3 is 2.21 bits per heavy atom. The smallest absolute Gasteiger partial charge is 0.326 e. The van der Waals surface area contributed by atoms with Crippen LogP contribution in [0.2, 0.25) is 10.0 Å². The first-order valence-electron chi connectivity index (χ1n) is 8.64. The van der Waals surface area contributed by atoms with E-state index in [0.29, 0.717) is 16.1 Å². The maximum atomic E-state index is 13.1.